The van der Waals surface area contributed by atoms with Crippen LogP contribution in [0.5, 0.6) is 0 Å². The molecule has 2 fully saturated rings. The maximum atomic E-state index is 11.8. The van der Waals surface area contributed by atoms with E-state index in [-0.39, 0.29) is 11.9 Å². The van der Waals surface area contributed by atoms with Crippen LogP contribution in [-0.4, -0.2) is 69.2 Å². The van der Waals surface area contributed by atoms with Crippen LogP contribution in [0.15, 0.2) is 24.3 Å². The van der Waals surface area contributed by atoms with Crippen LogP contribution in [0.1, 0.15) is 24.8 Å². The predicted molar refractivity (Wildman–Crippen MR) is 101 cm³/mol. The molecule has 1 aromatic rings. The molecule has 2 aliphatic heterocycles. The Labute approximate surface area is 151 Å². The summed E-state index contributed by atoms with van der Waals surface area (Å²) < 4.78 is 4.90. The Bertz CT molecular complexity index is 584. The lowest BCUT2D eigenvalue weighted by atomic mass is 10.0. The van der Waals surface area contributed by atoms with E-state index in [1.165, 1.54) is 44.3 Å². The number of carbonyl (C=O) groups is 1. The first-order chi connectivity index (χ1) is 12.1. The molecular formula is C20H31N3O2. The van der Waals surface area contributed by atoms with E-state index in [1.807, 2.05) is 0 Å². The van der Waals surface area contributed by atoms with Crippen molar-refractivity contribution in [3.63, 3.8) is 0 Å². The van der Waals surface area contributed by atoms with Crippen molar-refractivity contribution >= 4 is 11.7 Å². The van der Waals surface area contributed by atoms with Crippen molar-refractivity contribution < 1.29 is 9.53 Å². The topological polar surface area (TPSA) is 36.0 Å². The molecule has 5 heteroatoms. The monoisotopic (exact) mass is 345 g/mol. The van der Waals surface area contributed by atoms with E-state index in [0.717, 1.165) is 26.1 Å². The largest absolute Gasteiger partial charge is 0.469 e. The number of rotatable bonds is 5. The van der Waals surface area contributed by atoms with Gasteiger partial charge in [0.25, 0.3) is 0 Å². The molecule has 0 amide bonds. The lowest BCUT2D eigenvalue weighted by molar-refractivity contribution is -0.144. The first-order valence-electron chi connectivity index (χ1n) is 9.38. The molecule has 3 rings (SSSR count). The highest BCUT2D eigenvalue weighted by Gasteiger charge is 2.29. The highest BCUT2D eigenvalue weighted by Crippen LogP contribution is 2.28. The number of esters is 1. The number of hydrogen-bond donors (Lipinski definition) is 0. The number of para-hydroxylation sites is 1. The van der Waals surface area contributed by atoms with Crippen LogP contribution >= 0.6 is 0 Å². The zero-order chi connectivity index (χ0) is 17.8. The summed E-state index contributed by atoms with van der Waals surface area (Å²) >= 11 is 0. The first-order valence-corrected chi connectivity index (χ1v) is 9.38. The molecule has 2 heterocycles. The first kappa shape index (κ1) is 18.2. The summed E-state index contributed by atoms with van der Waals surface area (Å²) in [6.07, 6.45) is 3.34. The number of nitrogens with zero attached hydrogens (tertiary/aromatic N) is 3. The molecule has 2 aliphatic rings. The zero-order valence-electron chi connectivity index (χ0n) is 15.8. The maximum Gasteiger partial charge on any atom is 0.310 e. The van der Waals surface area contributed by atoms with Crippen molar-refractivity contribution in [2.45, 2.75) is 31.8 Å². The van der Waals surface area contributed by atoms with E-state index in [4.69, 9.17) is 4.74 Å². The third kappa shape index (κ3) is 4.33. The molecule has 25 heavy (non-hydrogen) atoms. The summed E-state index contributed by atoms with van der Waals surface area (Å²) in [4.78, 5) is 19.0. The standard InChI is InChI=1S/C20H31N3O2/c1-21-11-9-18(10-12-21)22(2)19-7-5-4-6-16(19)14-23-13-8-17(15-23)20(24)25-3/h4-7,17-18H,8-15H2,1-3H3/t17-/m1/s1. The van der Waals surface area contributed by atoms with Crippen LogP contribution in [0.3, 0.4) is 0 Å². The van der Waals surface area contributed by atoms with E-state index in [0.29, 0.717) is 6.04 Å². The number of carbonyl (C=O) groups excluding carboxylic acids is 1. The minimum atomic E-state index is -0.0702. The Kier molecular flexibility index (Phi) is 5.97. The van der Waals surface area contributed by atoms with Crippen LogP contribution in [-0.2, 0) is 16.1 Å². The Morgan fingerprint density at radius 3 is 2.64 bits per heavy atom. The summed E-state index contributed by atoms with van der Waals surface area (Å²) in [5.74, 6) is -0.0389. The fourth-order valence-corrected chi connectivity index (χ4v) is 4.14. The van der Waals surface area contributed by atoms with Gasteiger partial charge in [-0.3, -0.25) is 9.69 Å². The number of piperidine rings is 1. The van der Waals surface area contributed by atoms with Crippen molar-refractivity contribution in [3.8, 4) is 0 Å². The predicted octanol–water partition coefficient (Wildman–Crippen LogP) is 2.21. The molecule has 138 valence electrons. The average molecular weight is 345 g/mol. The fraction of sp³-hybridized carbons (Fsp3) is 0.650. The van der Waals surface area contributed by atoms with Gasteiger partial charge >= 0.3 is 5.97 Å². The van der Waals surface area contributed by atoms with Gasteiger partial charge in [0.05, 0.1) is 13.0 Å². The van der Waals surface area contributed by atoms with Gasteiger partial charge in [-0.2, -0.15) is 0 Å². The van der Waals surface area contributed by atoms with Gasteiger partial charge in [0, 0.05) is 31.9 Å². The maximum absolute atomic E-state index is 11.8. The Morgan fingerprint density at radius 1 is 1.20 bits per heavy atom. The van der Waals surface area contributed by atoms with Crippen molar-refractivity contribution in [1.82, 2.24) is 9.80 Å². The van der Waals surface area contributed by atoms with Gasteiger partial charge in [-0.25, -0.2) is 0 Å². The van der Waals surface area contributed by atoms with E-state index < -0.39 is 0 Å². The second-order valence-electron chi connectivity index (χ2n) is 7.52. The van der Waals surface area contributed by atoms with Crippen molar-refractivity contribution in [2.75, 3.05) is 52.3 Å². The highest BCUT2D eigenvalue weighted by molar-refractivity contribution is 5.72. The van der Waals surface area contributed by atoms with Crippen LogP contribution in [0, 0.1) is 5.92 Å². The Balaban J connectivity index is 1.66. The fourth-order valence-electron chi connectivity index (χ4n) is 4.14. The Hall–Kier alpha value is -1.59. The molecule has 5 nitrogen and oxygen atoms in total. The van der Waals surface area contributed by atoms with Gasteiger partial charge in [-0.1, -0.05) is 18.2 Å². The van der Waals surface area contributed by atoms with Crippen molar-refractivity contribution in [2.24, 2.45) is 5.92 Å². The normalized spacial score (nSPS) is 22.9. The molecule has 2 saturated heterocycles. The lowest BCUT2D eigenvalue weighted by Crippen LogP contribution is -2.42. The number of anilines is 1. The minimum absolute atomic E-state index is 0.0313. The number of methoxy groups -OCH3 is 1. The third-order valence-corrected chi connectivity index (χ3v) is 5.81. The second-order valence-corrected chi connectivity index (χ2v) is 7.52. The van der Waals surface area contributed by atoms with Crippen LogP contribution < -0.4 is 4.90 Å². The molecule has 0 bridgehead atoms. The van der Waals surface area contributed by atoms with Crippen molar-refractivity contribution in [1.29, 1.82) is 0 Å². The van der Waals surface area contributed by atoms with Gasteiger partial charge in [0.15, 0.2) is 0 Å². The summed E-state index contributed by atoms with van der Waals surface area (Å²) in [7, 11) is 5.92. The molecule has 0 aromatic heterocycles. The van der Waals surface area contributed by atoms with Crippen molar-refractivity contribution in [3.05, 3.63) is 29.8 Å². The molecule has 0 saturated carbocycles. The summed E-state index contributed by atoms with van der Waals surface area (Å²) in [5.41, 5.74) is 2.69. The van der Waals surface area contributed by atoms with E-state index in [1.54, 1.807) is 0 Å². The van der Waals surface area contributed by atoms with E-state index in [2.05, 4.69) is 53.1 Å². The number of ether oxygens (including phenoxy) is 1. The van der Waals surface area contributed by atoms with Gasteiger partial charge in [-0.15, -0.1) is 0 Å². The van der Waals surface area contributed by atoms with Gasteiger partial charge in [0.2, 0.25) is 0 Å². The van der Waals surface area contributed by atoms with E-state index in [9.17, 15) is 4.79 Å². The zero-order valence-corrected chi connectivity index (χ0v) is 15.8. The van der Waals surface area contributed by atoms with Crippen LogP contribution in [0.2, 0.25) is 0 Å². The number of benzene rings is 1. The minimum Gasteiger partial charge on any atom is -0.469 e. The van der Waals surface area contributed by atoms with Crippen LogP contribution in [0.25, 0.3) is 0 Å². The average Bonchev–Trinajstić information content (AvgIpc) is 3.10. The summed E-state index contributed by atoms with van der Waals surface area (Å²) in [5, 5.41) is 0. The molecule has 1 aromatic carbocycles. The van der Waals surface area contributed by atoms with Gasteiger partial charge in [0.1, 0.15) is 0 Å². The molecule has 1 atom stereocenters. The van der Waals surface area contributed by atoms with E-state index >= 15 is 0 Å². The SMILES string of the molecule is COC(=O)[C@@H]1CCN(Cc2ccccc2N(C)C2CCN(C)CC2)C1. The Morgan fingerprint density at radius 2 is 1.92 bits per heavy atom. The smallest absolute Gasteiger partial charge is 0.310 e. The van der Waals surface area contributed by atoms with Crippen LogP contribution in [0.4, 0.5) is 5.69 Å². The number of hydrogen-bond acceptors (Lipinski definition) is 5. The summed E-state index contributed by atoms with van der Waals surface area (Å²) in [6.45, 7) is 5.01. The molecule has 0 radical (unpaired) electrons. The highest BCUT2D eigenvalue weighted by atomic mass is 16.5. The lowest BCUT2D eigenvalue weighted by Gasteiger charge is -2.37. The van der Waals surface area contributed by atoms with Gasteiger partial charge < -0.3 is 14.5 Å². The number of likely N-dealkylation sites (tertiary alicyclic amines) is 2. The molecular weight excluding hydrogens is 314 g/mol. The second kappa shape index (κ2) is 8.19. The third-order valence-electron chi connectivity index (χ3n) is 5.81. The summed E-state index contributed by atoms with van der Waals surface area (Å²) in [6, 6.07) is 9.33. The quantitative estimate of drug-likeness (QED) is 0.765. The molecule has 0 unspecified atom stereocenters. The molecule has 0 aliphatic carbocycles. The molecule has 0 N–H and O–H groups in total. The molecule has 0 spiro atoms. The van der Waals surface area contributed by atoms with Gasteiger partial charge in [-0.05, 0) is 57.6 Å².